The van der Waals surface area contributed by atoms with Gasteiger partial charge in [-0.1, -0.05) is 0 Å². The Bertz CT molecular complexity index is 986. The average molecular weight is 285 g/mol. The highest BCUT2D eigenvalue weighted by Gasteiger charge is 2.15. The number of H-pyrrole nitrogens is 1. The van der Waals surface area contributed by atoms with Gasteiger partial charge in [-0.25, -0.2) is 18.7 Å². The van der Waals surface area contributed by atoms with Gasteiger partial charge in [0.1, 0.15) is 28.9 Å². The van der Waals surface area contributed by atoms with E-state index in [1.54, 1.807) is 10.6 Å². The van der Waals surface area contributed by atoms with E-state index in [-0.39, 0.29) is 5.82 Å². The summed E-state index contributed by atoms with van der Waals surface area (Å²) in [5.41, 5.74) is 7.48. The number of hydrogen-bond acceptors (Lipinski definition) is 3. The van der Waals surface area contributed by atoms with Gasteiger partial charge in [0.2, 0.25) is 0 Å². The number of fused-ring (bicyclic) bond motifs is 2. The summed E-state index contributed by atoms with van der Waals surface area (Å²) < 4.78 is 28.4. The Morgan fingerprint density at radius 2 is 2.05 bits per heavy atom. The molecule has 0 radical (unpaired) electrons. The summed E-state index contributed by atoms with van der Waals surface area (Å²) >= 11 is 0. The number of nitrogens with one attached hydrogen (secondary N) is 1. The Balaban J connectivity index is 2.07. The van der Waals surface area contributed by atoms with Crippen molar-refractivity contribution in [1.29, 1.82) is 0 Å². The zero-order valence-corrected chi connectivity index (χ0v) is 10.6. The van der Waals surface area contributed by atoms with Crippen LogP contribution in [0.25, 0.3) is 27.9 Å². The number of nitrogen functional groups attached to an aromatic ring is 1. The van der Waals surface area contributed by atoms with Crippen LogP contribution in [0.2, 0.25) is 0 Å². The SMILES string of the molecule is Nc1nc(-c2c[nH]c3ncc(F)cc23)n2ccc(F)cc12. The fourth-order valence-corrected chi connectivity index (χ4v) is 2.43. The monoisotopic (exact) mass is 285 g/mol. The van der Waals surface area contributed by atoms with Crippen LogP contribution in [0, 0.1) is 11.6 Å². The van der Waals surface area contributed by atoms with Crippen LogP contribution in [0.3, 0.4) is 0 Å². The molecular formula is C14H9F2N5. The quantitative estimate of drug-likeness (QED) is 0.565. The predicted molar refractivity (Wildman–Crippen MR) is 74.6 cm³/mol. The van der Waals surface area contributed by atoms with Gasteiger partial charge in [-0.15, -0.1) is 0 Å². The lowest BCUT2D eigenvalue weighted by Gasteiger charge is -2.00. The Morgan fingerprint density at radius 3 is 2.90 bits per heavy atom. The van der Waals surface area contributed by atoms with Crippen LogP contribution in [0.4, 0.5) is 14.6 Å². The van der Waals surface area contributed by atoms with Gasteiger partial charge in [0.05, 0.1) is 11.7 Å². The molecule has 0 aliphatic rings. The number of nitrogens with two attached hydrogens (primary N) is 1. The molecule has 4 heterocycles. The molecule has 0 spiro atoms. The Kier molecular flexibility index (Phi) is 2.26. The molecule has 3 N–H and O–H groups in total. The number of rotatable bonds is 1. The van der Waals surface area contributed by atoms with Gasteiger partial charge in [-0.2, -0.15) is 0 Å². The first kappa shape index (κ1) is 11.8. The molecule has 0 aliphatic heterocycles. The van der Waals surface area contributed by atoms with Crippen molar-refractivity contribution in [3.63, 3.8) is 0 Å². The number of pyridine rings is 2. The topological polar surface area (TPSA) is 72.0 Å². The van der Waals surface area contributed by atoms with E-state index < -0.39 is 11.6 Å². The number of imidazole rings is 1. The third-order valence-electron chi connectivity index (χ3n) is 3.37. The third kappa shape index (κ3) is 1.67. The highest BCUT2D eigenvalue weighted by Crippen LogP contribution is 2.30. The molecule has 4 aromatic heterocycles. The third-order valence-corrected chi connectivity index (χ3v) is 3.37. The Morgan fingerprint density at radius 1 is 1.19 bits per heavy atom. The molecule has 0 saturated carbocycles. The van der Waals surface area contributed by atoms with E-state index in [1.165, 1.54) is 24.4 Å². The fourth-order valence-electron chi connectivity index (χ4n) is 2.43. The lowest BCUT2D eigenvalue weighted by atomic mass is 10.2. The molecule has 0 atom stereocenters. The van der Waals surface area contributed by atoms with Gasteiger partial charge in [-0.05, 0) is 12.1 Å². The number of aromatic nitrogens is 4. The van der Waals surface area contributed by atoms with Crippen LogP contribution in [0.15, 0.2) is 36.8 Å². The van der Waals surface area contributed by atoms with Crippen LogP contribution in [-0.2, 0) is 0 Å². The van der Waals surface area contributed by atoms with Crippen molar-refractivity contribution in [2.45, 2.75) is 0 Å². The summed E-state index contributed by atoms with van der Waals surface area (Å²) in [5, 5.41) is 0.589. The summed E-state index contributed by atoms with van der Waals surface area (Å²) in [6.45, 7) is 0. The minimum absolute atomic E-state index is 0.211. The molecule has 0 aliphatic carbocycles. The Hall–Kier alpha value is -2.96. The van der Waals surface area contributed by atoms with Crippen molar-refractivity contribution in [1.82, 2.24) is 19.4 Å². The summed E-state index contributed by atoms with van der Waals surface area (Å²) in [6.07, 6.45) is 4.35. The second-order valence-corrected chi connectivity index (χ2v) is 4.67. The number of halogens is 2. The minimum atomic E-state index is -0.441. The zero-order chi connectivity index (χ0) is 14.6. The van der Waals surface area contributed by atoms with Gasteiger partial charge >= 0.3 is 0 Å². The first-order valence-electron chi connectivity index (χ1n) is 6.19. The van der Waals surface area contributed by atoms with E-state index in [9.17, 15) is 8.78 Å². The van der Waals surface area contributed by atoms with Crippen LogP contribution >= 0.6 is 0 Å². The lowest BCUT2D eigenvalue weighted by Crippen LogP contribution is -1.90. The smallest absolute Gasteiger partial charge is 0.150 e. The van der Waals surface area contributed by atoms with E-state index in [0.29, 0.717) is 27.9 Å². The van der Waals surface area contributed by atoms with Gasteiger partial charge in [-0.3, -0.25) is 4.40 Å². The molecule has 0 fully saturated rings. The van der Waals surface area contributed by atoms with Crippen molar-refractivity contribution in [3.8, 4) is 11.4 Å². The normalized spacial score (nSPS) is 11.5. The van der Waals surface area contributed by atoms with E-state index in [4.69, 9.17) is 5.73 Å². The van der Waals surface area contributed by atoms with Crippen molar-refractivity contribution < 1.29 is 8.78 Å². The molecule has 0 unspecified atom stereocenters. The maximum absolute atomic E-state index is 13.4. The van der Waals surface area contributed by atoms with Crippen molar-refractivity contribution in [3.05, 3.63) is 48.4 Å². The van der Waals surface area contributed by atoms with Gasteiger partial charge < -0.3 is 10.7 Å². The number of aromatic amines is 1. The molecule has 0 aromatic carbocycles. The molecule has 21 heavy (non-hydrogen) atoms. The average Bonchev–Trinajstić information content (AvgIpc) is 3.00. The van der Waals surface area contributed by atoms with E-state index in [0.717, 1.165) is 6.20 Å². The first-order valence-corrected chi connectivity index (χ1v) is 6.19. The molecule has 7 heteroatoms. The maximum atomic E-state index is 13.4. The van der Waals surface area contributed by atoms with Crippen LogP contribution in [-0.4, -0.2) is 19.4 Å². The van der Waals surface area contributed by atoms with Crippen LogP contribution in [0.1, 0.15) is 0 Å². The predicted octanol–water partition coefficient (Wildman–Crippen LogP) is 2.74. The summed E-state index contributed by atoms with van der Waals surface area (Å²) in [5.74, 6) is -0.125. The highest BCUT2D eigenvalue weighted by atomic mass is 19.1. The van der Waals surface area contributed by atoms with Crippen molar-refractivity contribution in [2.24, 2.45) is 0 Å². The number of nitrogens with zero attached hydrogens (tertiary/aromatic N) is 3. The highest BCUT2D eigenvalue weighted by molar-refractivity contribution is 5.93. The number of anilines is 1. The first-order chi connectivity index (χ1) is 10.1. The molecule has 5 nitrogen and oxygen atoms in total. The van der Waals surface area contributed by atoms with Gasteiger partial charge in [0, 0.05) is 29.4 Å². The maximum Gasteiger partial charge on any atom is 0.150 e. The molecular weight excluding hydrogens is 276 g/mol. The largest absolute Gasteiger partial charge is 0.382 e. The molecule has 0 saturated heterocycles. The number of hydrogen-bond donors (Lipinski definition) is 2. The summed E-state index contributed by atoms with van der Waals surface area (Å²) in [4.78, 5) is 11.2. The van der Waals surface area contributed by atoms with Crippen molar-refractivity contribution in [2.75, 3.05) is 5.73 Å². The molecule has 104 valence electrons. The molecule has 0 bridgehead atoms. The standard InChI is InChI=1S/C14H9F2N5/c15-7-1-2-21-11(4-7)12(17)20-14(21)10-6-19-13-9(10)3-8(16)5-18-13/h1-6H,17H2,(H,18,19). The van der Waals surface area contributed by atoms with E-state index in [2.05, 4.69) is 15.0 Å². The lowest BCUT2D eigenvalue weighted by molar-refractivity contribution is 0.624. The van der Waals surface area contributed by atoms with Gasteiger partial charge in [0.25, 0.3) is 0 Å². The van der Waals surface area contributed by atoms with E-state index in [1.807, 2.05) is 0 Å². The minimum Gasteiger partial charge on any atom is -0.382 e. The van der Waals surface area contributed by atoms with Crippen LogP contribution in [0.5, 0.6) is 0 Å². The van der Waals surface area contributed by atoms with Crippen molar-refractivity contribution >= 4 is 22.4 Å². The zero-order valence-electron chi connectivity index (χ0n) is 10.6. The molecule has 4 aromatic rings. The van der Waals surface area contributed by atoms with E-state index >= 15 is 0 Å². The Labute approximate surface area is 117 Å². The van der Waals surface area contributed by atoms with Crippen LogP contribution < -0.4 is 5.73 Å². The molecule has 4 rings (SSSR count). The second kappa shape index (κ2) is 4.02. The second-order valence-electron chi connectivity index (χ2n) is 4.67. The summed E-state index contributed by atoms with van der Waals surface area (Å²) in [7, 11) is 0. The fraction of sp³-hybridized carbons (Fsp3) is 0. The van der Waals surface area contributed by atoms with Gasteiger partial charge in [0.15, 0.2) is 0 Å². The summed E-state index contributed by atoms with van der Waals surface area (Å²) in [6, 6.07) is 3.99. The molecule has 0 amide bonds.